The molecule has 7 heteroatoms. The maximum absolute atomic E-state index is 12.6. The molecule has 6 nitrogen and oxygen atoms in total. The van der Waals surface area contributed by atoms with Crippen LogP contribution in [0.4, 0.5) is 0 Å². The number of thiophene rings is 1. The van der Waals surface area contributed by atoms with Gasteiger partial charge in [-0.05, 0) is 49.9 Å². The number of nitrogens with zero attached hydrogens (tertiary/aromatic N) is 3. The van der Waals surface area contributed by atoms with E-state index < -0.39 is 0 Å². The SMILES string of the molecule is Cc1c(/C=N\NC(=O)c2cc3c(s2)CCC3)n(C)n(-c2ccccc2)c1=O. The van der Waals surface area contributed by atoms with E-state index in [1.54, 1.807) is 34.7 Å². The van der Waals surface area contributed by atoms with Gasteiger partial charge in [0.25, 0.3) is 11.5 Å². The zero-order valence-corrected chi connectivity index (χ0v) is 16.0. The van der Waals surface area contributed by atoms with Gasteiger partial charge < -0.3 is 0 Å². The minimum Gasteiger partial charge on any atom is -0.279 e. The topological polar surface area (TPSA) is 68.4 Å². The smallest absolute Gasteiger partial charge is 0.279 e. The molecule has 1 amide bonds. The van der Waals surface area contributed by atoms with Gasteiger partial charge in [0, 0.05) is 17.5 Å². The van der Waals surface area contributed by atoms with Crippen LogP contribution < -0.4 is 11.0 Å². The number of nitrogens with one attached hydrogen (secondary N) is 1. The Kier molecular flexibility index (Phi) is 4.53. The second-order valence-corrected chi connectivity index (χ2v) is 7.73. The molecule has 0 atom stereocenters. The first-order valence-corrected chi connectivity index (χ1v) is 9.67. The molecule has 0 aliphatic heterocycles. The van der Waals surface area contributed by atoms with E-state index in [2.05, 4.69) is 10.5 Å². The number of aryl methyl sites for hydroxylation is 2. The summed E-state index contributed by atoms with van der Waals surface area (Å²) in [5, 5.41) is 4.08. The van der Waals surface area contributed by atoms with Crippen LogP contribution in [0.1, 0.15) is 37.8 Å². The molecule has 4 rings (SSSR count). The van der Waals surface area contributed by atoms with Gasteiger partial charge in [0.15, 0.2) is 0 Å². The zero-order chi connectivity index (χ0) is 19.0. The molecule has 0 fully saturated rings. The van der Waals surface area contributed by atoms with Crippen LogP contribution in [-0.2, 0) is 19.9 Å². The first kappa shape index (κ1) is 17.5. The van der Waals surface area contributed by atoms with Gasteiger partial charge in [-0.2, -0.15) is 5.10 Å². The second kappa shape index (κ2) is 7.00. The Balaban J connectivity index is 1.55. The lowest BCUT2D eigenvalue weighted by Gasteiger charge is -2.07. The van der Waals surface area contributed by atoms with Crippen molar-refractivity contribution in [3.05, 3.63) is 73.3 Å². The van der Waals surface area contributed by atoms with Crippen molar-refractivity contribution in [2.75, 3.05) is 0 Å². The van der Waals surface area contributed by atoms with E-state index in [0.29, 0.717) is 16.1 Å². The molecule has 1 aliphatic carbocycles. The Labute approximate surface area is 160 Å². The second-order valence-electron chi connectivity index (χ2n) is 6.60. The van der Waals surface area contributed by atoms with Crippen LogP contribution >= 0.6 is 11.3 Å². The number of amides is 1. The maximum atomic E-state index is 12.6. The third-order valence-electron chi connectivity index (χ3n) is 4.87. The van der Waals surface area contributed by atoms with Crippen LogP contribution in [0.3, 0.4) is 0 Å². The van der Waals surface area contributed by atoms with Crippen molar-refractivity contribution in [1.82, 2.24) is 14.8 Å². The van der Waals surface area contributed by atoms with Crippen molar-refractivity contribution < 1.29 is 4.79 Å². The summed E-state index contributed by atoms with van der Waals surface area (Å²) in [4.78, 5) is 26.9. The average Bonchev–Trinajstić information content (AvgIpc) is 3.32. The van der Waals surface area contributed by atoms with Gasteiger partial charge in [-0.15, -0.1) is 11.3 Å². The van der Waals surface area contributed by atoms with Gasteiger partial charge in [0.05, 0.1) is 22.5 Å². The lowest BCUT2D eigenvalue weighted by Crippen LogP contribution is -2.20. The lowest BCUT2D eigenvalue weighted by atomic mass is 10.2. The quantitative estimate of drug-likeness (QED) is 0.559. The van der Waals surface area contributed by atoms with Gasteiger partial charge >= 0.3 is 0 Å². The molecule has 1 N–H and O–H groups in total. The van der Waals surface area contributed by atoms with Gasteiger partial charge in [-0.25, -0.2) is 10.1 Å². The molecular formula is C20H20N4O2S. The summed E-state index contributed by atoms with van der Waals surface area (Å²) in [5.74, 6) is -0.212. The molecule has 0 bridgehead atoms. The fourth-order valence-corrected chi connectivity index (χ4v) is 4.59. The van der Waals surface area contributed by atoms with Gasteiger partial charge in [-0.1, -0.05) is 18.2 Å². The molecule has 138 valence electrons. The number of aromatic nitrogens is 2. The van der Waals surface area contributed by atoms with Crippen molar-refractivity contribution in [2.24, 2.45) is 12.1 Å². The Hall–Kier alpha value is -2.93. The van der Waals surface area contributed by atoms with Crippen molar-refractivity contribution in [3.63, 3.8) is 0 Å². The summed E-state index contributed by atoms with van der Waals surface area (Å²) < 4.78 is 3.32. The minimum absolute atomic E-state index is 0.105. The molecule has 2 aromatic heterocycles. The summed E-state index contributed by atoms with van der Waals surface area (Å²) in [6, 6.07) is 11.4. The molecule has 0 spiro atoms. The Morgan fingerprint density at radius 2 is 2.04 bits per heavy atom. The summed E-state index contributed by atoms with van der Waals surface area (Å²) in [5.41, 5.74) is 5.77. The lowest BCUT2D eigenvalue weighted by molar-refractivity contribution is 0.0959. The summed E-state index contributed by atoms with van der Waals surface area (Å²) in [7, 11) is 1.80. The molecule has 0 unspecified atom stereocenters. The molecule has 0 saturated carbocycles. The number of benzene rings is 1. The number of hydrogen-bond donors (Lipinski definition) is 1. The van der Waals surface area contributed by atoms with E-state index in [1.807, 2.05) is 36.4 Å². The molecule has 3 aromatic rings. The standard InChI is InChI=1S/C20H20N4O2S/c1-13-16(23(2)24(20(13)26)15-8-4-3-5-9-15)12-21-22-19(25)18-11-14-7-6-10-17(14)27-18/h3-5,8-9,11-12H,6-7,10H2,1-2H3,(H,22,25)/b21-12-. The van der Waals surface area contributed by atoms with Crippen LogP contribution in [0.5, 0.6) is 0 Å². The van der Waals surface area contributed by atoms with E-state index >= 15 is 0 Å². The summed E-state index contributed by atoms with van der Waals surface area (Å²) in [6.45, 7) is 1.76. The van der Waals surface area contributed by atoms with E-state index in [9.17, 15) is 9.59 Å². The fraction of sp³-hybridized carbons (Fsp3) is 0.250. The third-order valence-corrected chi connectivity index (χ3v) is 6.11. The van der Waals surface area contributed by atoms with Crippen LogP contribution in [0.2, 0.25) is 0 Å². The number of carbonyl (C=O) groups is 1. The number of rotatable bonds is 4. The number of para-hydroxylation sites is 1. The molecular weight excluding hydrogens is 360 g/mol. The highest BCUT2D eigenvalue weighted by Gasteiger charge is 2.18. The Bertz CT molecular complexity index is 1070. The minimum atomic E-state index is -0.212. The highest BCUT2D eigenvalue weighted by Crippen LogP contribution is 2.30. The predicted octanol–water partition coefficient (Wildman–Crippen LogP) is 2.80. The van der Waals surface area contributed by atoms with Gasteiger partial charge in [-0.3, -0.25) is 14.3 Å². The molecule has 2 heterocycles. The number of hydrogen-bond acceptors (Lipinski definition) is 4. The van der Waals surface area contributed by atoms with Crippen LogP contribution in [0.25, 0.3) is 5.69 Å². The zero-order valence-electron chi connectivity index (χ0n) is 15.2. The molecule has 0 radical (unpaired) electrons. The average molecular weight is 380 g/mol. The summed E-state index contributed by atoms with van der Waals surface area (Å²) in [6.07, 6.45) is 4.81. The van der Waals surface area contributed by atoms with E-state index in [1.165, 1.54) is 23.1 Å². The van der Waals surface area contributed by atoms with Crippen molar-refractivity contribution in [2.45, 2.75) is 26.2 Å². The normalized spacial score (nSPS) is 13.3. The van der Waals surface area contributed by atoms with E-state index in [0.717, 1.165) is 18.5 Å². The Morgan fingerprint density at radius 1 is 1.26 bits per heavy atom. The van der Waals surface area contributed by atoms with Crippen LogP contribution in [-0.4, -0.2) is 21.5 Å². The van der Waals surface area contributed by atoms with Gasteiger partial charge in [0.2, 0.25) is 0 Å². The molecule has 0 saturated heterocycles. The van der Waals surface area contributed by atoms with E-state index in [-0.39, 0.29) is 11.5 Å². The van der Waals surface area contributed by atoms with Gasteiger partial charge in [0.1, 0.15) is 0 Å². The summed E-state index contributed by atoms with van der Waals surface area (Å²) >= 11 is 1.54. The molecule has 27 heavy (non-hydrogen) atoms. The number of carbonyl (C=O) groups excluding carboxylic acids is 1. The van der Waals surface area contributed by atoms with Crippen molar-refractivity contribution in [1.29, 1.82) is 0 Å². The largest absolute Gasteiger partial charge is 0.281 e. The van der Waals surface area contributed by atoms with Crippen molar-refractivity contribution >= 4 is 23.5 Å². The van der Waals surface area contributed by atoms with Crippen LogP contribution in [0.15, 0.2) is 46.3 Å². The fourth-order valence-electron chi connectivity index (χ4n) is 3.44. The Morgan fingerprint density at radius 3 is 2.78 bits per heavy atom. The first-order valence-electron chi connectivity index (χ1n) is 8.85. The first-order chi connectivity index (χ1) is 13.1. The molecule has 1 aromatic carbocycles. The highest BCUT2D eigenvalue weighted by molar-refractivity contribution is 7.14. The third kappa shape index (κ3) is 3.14. The van der Waals surface area contributed by atoms with Crippen molar-refractivity contribution in [3.8, 4) is 5.69 Å². The monoisotopic (exact) mass is 380 g/mol. The molecule has 1 aliphatic rings. The number of fused-ring (bicyclic) bond motifs is 1. The predicted molar refractivity (Wildman–Crippen MR) is 107 cm³/mol. The van der Waals surface area contributed by atoms with E-state index in [4.69, 9.17) is 0 Å². The number of hydrazone groups is 1. The highest BCUT2D eigenvalue weighted by atomic mass is 32.1. The van der Waals surface area contributed by atoms with Crippen LogP contribution in [0, 0.1) is 6.92 Å². The maximum Gasteiger partial charge on any atom is 0.281 e.